The van der Waals surface area contributed by atoms with Crippen LogP contribution in [-0.4, -0.2) is 31.1 Å². The molecule has 2 heteroatoms. The van der Waals surface area contributed by atoms with E-state index in [0.29, 0.717) is 17.4 Å². The molecule has 2 rings (SSSR count). The molecule has 2 unspecified atom stereocenters. The molecule has 2 saturated carbocycles. The number of nitrogens with zero attached hydrogens (tertiary/aromatic N) is 1. The van der Waals surface area contributed by atoms with Gasteiger partial charge in [-0.2, -0.15) is 0 Å². The van der Waals surface area contributed by atoms with Gasteiger partial charge >= 0.3 is 0 Å². The molecular formula is C14H28N2. The lowest BCUT2D eigenvalue weighted by Gasteiger charge is -2.43. The zero-order valence-electron chi connectivity index (χ0n) is 11.2. The Balaban J connectivity index is 1.82. The smallest absolute Gasteiger partial charge is 0.0131 e. The largest absolute Gasteiger partial charge is 0.327 e. The third kappa shape index (κ3) is 2.98. The van der Waals surface area contributed by atoms with Crippen LogP contribution in [0.4, 0.5) is 0 Å². The van der Waals surface area contributed by atoms with E-state index in [-0.39, 0.29) is 0 Å². The Morgan fingerprint density at radius 3 is 2.50 bits per heavy atom. The Morgan fingerprint density at radius 1 is 1.19 bits per heavy atom. The molecule has 2 atom stereocenters. The molecule has 94 valence electrons. The Hall–Kier alpha value is -0.0800. The summed E-state index contributed by atoms with van der Waals surface area (Å²) in [4.78, 5) is 2.52. The van der Waals surface area contributed by atoms with Gasteiger partial charge in [-0.1, -0.05) is 20.3 Å². The molecule has 2 aliphatic rings. The van der Waals surface area contributed by atoms with Crippen molar-refractivity contribution in [1.29, 1.82) is 0 Å². The maximum atomic E-state index is 6.42. The maximum Gasteiger partial charge on any atom is 0.0131 e. The Labute approximate surface area is 101 Å². The summed E-state index contributed by atoms with van der Waals surface area (Å²) in [6.07, 6.45) is 6.90. The molecule has 0 bridgehead atoms. The first-order valence-corrected chi connectivity index (χ1v) is 6.93. The summed E-state index contributed by atoms with van der Waals surface area (Å²) in [6, 6.07) is 0.392. The summed E-state index contributed by atoms with van der Waals surface area (Å²) in [7, 11) is 2.27. The van der Waals surface area contributed by atoms with Gasteiger partial charge in [0.1, 0.15) is 0 Å². The van der Waals surface area contributed by atoms with Gasteiger partial charge in [0.05, 0.1) is 0 Å². The highest BCUT2D eigenvalue weighted by atomic mass is 15.1. The van der Waals surface area contributed by atoms with E-state index >= 15 is 0 Å². The van der Waals surface area contributed by atoms with Crippen molar-refractivity contribution in [3.05, 3.63) is 0 Å². The van der Waals surface area contributed by atoms with Crippen molar-refractivity contribution >= 4 is 0 Å². The van der Waals surface area contributed by atoms with Gasteiger partial charge in [0, 0.05) is 19.1 Å². The molecule has 0 amide bonds. The fourth-order valence-electron chi connectivity index (χ4n) is 3.23. The van der Waals surface area contributed by atoms with E-state index in [0.717, 1.165) is 5.92 Å². The molecule has 2 N–H and O–H groups in total. The minimum absolute atomic E-state index is 0.351. The second-order valence-electron chi connectivity index (χ2n) is 6.83. The van der Waals surface area contributed by atoms with Crippen molar-refractivity contribution in [3.8, 4) is 0 Å². The second kappa shape index (κ2) is 4.66. The summed E-state index contributed by atoms with van der Waals surface area (Å²) < 4.78 is 0. The number of nitrogens with two attached hydrogens (primary N) is 1. The van der Waals surface area contributed by atoms with Crippen LogP contribution in [-0.2, 0) is 0 Å². The minimum Gasteiger partial charge on any atom is -0.327 e. The molecule has 0 aromatic carbocycles. The summed E-state index contributed by atoms with van der Waals surface area (Å²) in [5.41, 5.74) is 6.78. The Morgan fingerprint density at radius 2 is 1.88 bits per heavy atom. The summed E-state index contributed by atoms with van der Waals surface area (Å²) in [5, 5.41) is 0. The standard InChI is InChI=1S/C14H28N2/c1-14(2)8-4-5-12(13(14)15)10-16(3)9-11-6-7-11/h11-13H,4-10,15H2,1-3H3. The third-order valence-corrected chi connectivity index (χ3v) is 4.62. The molecule has 2 aliphatic carbocycles. The molecule has 16 heavy (non-hydrogen) atoms. The quantitative estimate of drug-likeness (QED) is 0.795. The highest BCUT2D eigenvalue weighted by molar-refractivity contribution is 4.92. The van der Waals surface area contributed by atoms with E-state index < -0.39 is 0 Å². The first-order valence-electron chi connectivity index (χ1n) is 6.93. The second-order valence-corrected chi connectivity index (χ2v) is 6.83. The van der Waals surface area contributed by atoms with Crippen molar-refractivity contribution in [2.75, 3.05) is 20.1 Å². The van der Waals surface area contributed by atoms with Gasteiger partial charge in [0.15, 0.2) is 0 Å². The topological polar surface area (TPSA) is 29.3 Å². The molecule has 0 heterocycles. The first kappa shape index (κ1) is 12.4. The van der Waals surface area contributed by atoms with Crippen LogP contribution in [0.3, 0.4) is 0 Å². The minimum atomic E-state index is 0.351. The van der Waals surface area contributed by atoms with Crippen LogP contribution < -0.4 is 5.73 Å². The van der Waals surface area contributed by atoms with Gasteiger partial charge in [-0.25, -0.2) is 0 Å². The highest BCUT2D eigenvalue weighted by Gasteiger charge is 2.37. The van der Waals surface area contributed by atoms with Crippen molar-refractivity contribution in [2.45, 2.75) is 52.0 Å². The van der Waals surface area contributed by atoms with Gasteiger partial charge in [-0.15, -0.1) is 0 Å². The maximum absolute atomic E-state index is 6.42. The van der Waals surface area contributed by atoms with Gasteiger partial charge in [-0.3, -0.25) is 0 Å². The van der Waals surface area contributed by atoms with E-state index in [1.165, 1.54) is 45.2 Å². The molecule has 0 spiro atoms. The van der Waals surface area contributed by atoms with Crippen molar-refractivity contribution in [2.24, 2.45) is 23.0 Å². The normalized spacial score (nSPS) is 34.3. The van der Waals surface area contributed by atoms with Gasteiger partial charge in [0.2, 0.25) is 0 Å². The lowest BCUT2D eigenvalue weighted by molar-refractivity contribution is 0.109. The molecule has 2 nitrogen and oxygen atoms in total. The fourth-order valence-corrected chi connectivity index (χ4v) is 3.23. The van der Waals surface area contributed by atoms with E-state index in [9.17, 15) is 0 Å². The molecule has 0 saturated heterocycles. The summed E-state index contributed by atoms with van der Waals surface area (Å²) in [6.45, 7) is 7.18. The predicted molar refractivity (Wildman–Crippen MR) is 69.3 cm³/mol. The number of hydrogen-bond acceptors (Lipinski definition) is 2. The fraction of sp³-hybridized carbons (Fsp3) is 1.00. The van der Waals surface area contributed by atoms with Crippen molar-refractivity contribution in [1.82, 2.24) is 4.90 Å². The zero-order valence-corrected chi connectivity index (χ0v) is 11.2. The number of rotatable bonds is 4. The van der Waals surface area contributed by atoms with Crippen molar-refractivity contribution in [3.63, 3.8) is 0 Å². The van der Waals surface area contributed by atoms with Crippen molar-refractivity contribution < 1.29 is 0 Å². The highest BCUT2D eigenvalue weighted by Crippen LogP contribution is 2.38. The average molecular weight is 224 g/mol. The molecule has 0 aromatic rings. The van der Waals surface area contributed by atoms with Crippen LogP contribution in [0.5, 0.6) is 0 Å². The summed E-state index contributed by atoms with van der Waals surface area (Å²) in [5.74, 6) is 1.71. The van der Waals surface area contributed by atoms with E-state index in [2.05, 4.69) is 25.8 Å². The van der Waals surface area contributed by atoms with Crippen LogP contribution in [0, 0.1) is 17.3 Å². The monoisotopic (exact) mass is 224 g/mol. The van der Waals surface area contributed by atoms with Crippen LogP contribution in [0.15, 0.2) is 0 Å². The van der Waals surface area contributed by atoms with Crippen LogP contribution in [0.1, 0.15) is 46.0 Å². The van der Waals surface area contributed by atoms with E-state index in [1.54, 1.807) is 0 Å². The Kier molecular flexibility index (Phi) is 3.60. The summed E-state index contributed by atoms with van der Waals surface area (Å²) >= 11 is 0. The van der Waals surface area contributed by atoms with Crippen LogP contribution >= 0.6 is 0 Å². The van der Waals surface area contributed by atoms with Gasteiger partial charge < -0.3 is 10.6 Å². The lowest BCUT2D eigenvalue weighted by Crippen LogP contribution is -2.49. The van der Waals surface area contributed by atoms with Crippen LogP contribution in [0.2, 0.25) is 0 Å². The Bertz CT molecular complexity index is 233. The lowest BCUT2D eigenvalue weighted by atomic mass is 9.68. The first-order chi connectivity index (χ1) is 7.49. The van der Waals surface area contributed by atoms with Crippen LogP contribution in [0.25, 0.3) is 0 Å². The van der Waals surface area contributed by atoms with Gasteiger partial charge in [-0.05, 0) is 50.0 Å². The number of hydrogen-bond donors (Lipinski definition) is 1. The molecular weight excluding hydrogens is 196 g/mol. The van der Waals surface area contributed by atoms with Gasteiger partial charge in [0.25, 0.3) is 0 Å². The predicted octanol–water partition coefficient (Wildman–Crippen LogP) is 2.48. The zero-order chi connectivity index (χ0) is 11.8. The average Bonchev–Trinajstić information content (AvgIpc) is 2.96. The van der Waals surface area contributed by atoms with E-state index in [4.69, 9.17) is 5.73 Å². The third-order valence-electron chi connectivity index (χ3n) is 4.62. The molecule has 2 fully saturated rings. The molecule has 0 aliphatic heterocycles. The molecule has 0 radical (unpaired) electrons. The molecule has 0 aromatic heterocycles. The SMILES string of the molecule is CN(CC1CC1)CC1CCCC(C)(C)C1N. The van der Waals surface area contributed by atoms with E-state index in [1.807, 2.05) is 0 Å².